The zero-order chi connectivity index (χ0) is 13.6. The Bertz CT molecular complexity index is 391. The summed E-state index contributed by atoms with van der Waals surface area (Å²) < 4.78 is 24.6. The third-order valence-corrected chi connectivity index (χ3v) is 3.84. The second kappa shape index (κ2) is 6.98. The van der Waals surface area contributed by atoms with Gasteiger partial charge in [0.25, 0.3) is 0 Å². The summed E-state index contributed by atoms with van der Waals surface area (Å²) in [6, 6.07) is 7.09. The van der Waals surface area contributed by atoms with Gasteiger partial charge in [0.1, 0.15) is 5.82 Å². The van der Waals surface area contributed by atoms with Crippen LogP contribution in [0.15, 0.2) is 24.3 Å². The maximum absolute atomic E-state index is 14.1. The number of halogens is 1. The predicted molar refractivity (Wildman–Crippen MR) is 72.9 cm³/mol. The molecule has 2 rings (SSSR count). The van der Waals surface area contributed by atoms with Gasteiger partial charge >= 0.3 is 0 Å². The van der Waals surface area contributed by atoms with Crippen LogP contribution in [0.3, 0.4) is 0 Å². The molecule has 106 valence electrons. The Morgan fingerprint density at radius 3 is 2.74 bits per heavy atom. The minimum absolute atomic E-state index is 0.113. The van der Waals surface area contributed by atoms with Gasteiger partial charge in [-0.2, -0.15) is 0 Å². The molecule has 0 atom stereocenters. The Morgan fingerprint density at radius 2 is 2.05 bits per heavy atom. The van der Waals surface area contributed by atoms with E-state index in [-0.39, 0.29) is 11.2 Å². The smallest absolute Gasteiger partial charge is 0.127 e. The fourth-order valence-corrected chi connectivity index (χ4v) is 2.70. The summed E-state index contributed by atoms with van der Waals surface area (Å²) in [6.45, 7) is 3.61. The average Bonchev–Trinajstić information content (AvgIpc) is 2.45. The van der Waals surface area contributed by atoms with E-state index in [1.54, 1.807) is 19.2 Å². The molecule has 0 radical (unpaired) electrons. The fourth-order valence-electron chi connectivity index (χ4n) is 2.70. The van der Waals surface area contributed by atoms with E-state index in [0.29, 0.717) is 19.8 Å². The van der Waals surface area contributed by atoms with Crippen molar-refractivity contribution in [2.75, 3.05) is 40.0 Å². The van der Waals surface area contributed by atoms with Crippen molar-refractivity contribution in [3.8, 4) is 0 Å². The SMILES string of the molecule is COCCNCC1(c2ccccc2F)CCOCC1. The highest BCUT2D eigenvalue weighted by Crippen LogP contribution is 2.35. The molecule has 4 heteroatoms. The van der Waals surface area contributed by atoms with Crippen molar-refractivity contribution in [1.82, 2.24) is 5.32 Å². The highest BCUT2D eigenvalue weighted by molar-refractivity contribution is 5.28. The van der Waals surface area contributed by atoms with Crippen molar-refractivity contribution >= 4 is 0 Å². The number of nitrogens with one attached hydrogen (secondary N) is 1. The van der Waals surface area contributed by atoms with Gasteiger partial charge in [0, 0.05) is 38.8 Å². The van der Waals surface area contributed by atoms with Gasteiger partial charge in [0.15, 0.2) is 0 Å². The van der Waals surface area contributed by atoms with Crippen LogP contribution in [-0.4, -0.2) is 40.0 Å². The summed E-state index contributed by atoms with van der Waals surface area (Å²) in [5, 5.41) is 3.38. The van der Waals surface area contributed by atoms with Crippen molar-refractivity contribution in [2.24, 2.45) is 0 Å². The molecule has 1 saturated heterocycles. The van der Waals surface area contributed by atoms with Crippen LogP contribution in [0.5, 0.6) is 0 Å². The van der Waals surface area contributed by atoms with Gasteiger partial charge in [-0.25, -0.2) is 4.39 Å². The number of hydrogen-bond donors (Lipinski definition) is 1. The molecule has 1 heterocycles. The highest BCUT2D eigenvalue weighted by Gasteiger charge is 2.35. The summed E-state index contributed by atoms with van der Waals surface area (Å²) >= 11 is 0. The van der Waals surface area contributed by atoms with Crippen LogP contribution in [0.2, 0.25) is 0 Å². The van der Waals surface area contributed by atoms with Gasteiger partial charge in [-0.3, -0.25) is 0 Å². The molecule has 0 aliphatic carbocycles. The minimum Gasteiger partial charge on any atom is -0.383 e. The number of methoxy groups -OCH3 is 1. The topological polar surface area (TPSA) is 30.5 Å². The molecule has 0 saturated carbocycles. The third kappa shape index (κ3) is 3.53. The van der Waals surface area contributed by atoms with Crippen LogP contribution in [0.25, 0.3) is 0 Å². The Morgan fingerprint density at radius 1 is 1.32 bits per heavy atom. The molecule has 19 heavy (non-hydrogen) atoms. The van der Waals surface area contributed by atoms with E-state index < -0.39 is 0 Å². The van der Waals surface area contributed by atoms with E-state index in [1.807, 2.05) is 12.1 Å². The molecular weight excluding hydrogens is 245 g/mol. The summed E-state index contributed by atoms with van der Waals surface area (Å²) in [6.07, 6.45) is 1.71. The molecular formula is C15H22FNO2. The maximum Gasteiger partial charge on any atom is 0.127 e. The van der Waals surface area contributed by atoms with Crippen LogP contribution in [0.1, 0.15) is 18.4 Å². The highest BCUT2D eigenvalue weighted by atomic mass is 19.1. The van der Waals surface area contributed by atoms with Gasteiger partial charge in [-0.15, -0.1) is 0 Å². The standard InChI is InChI=1S/C15H22FNO2/c1-18-11-8-17-12-15(6-9-19-10-7-15)13-4-2-3-5-14(13)16/h2-5,17H,6-12H2,1H3. The molecule has 0 bridgehead atoms. The third-order valence-electron chi connectivity index (χ3n) is 3.84. The van der Waals surface area contributed by atoms with Crippen LogP contribution in [0.4, 0.5) is 4.39 Å². The zero-order valence-electron chi connectivity index (χ0n) is 11.5. The lowest BCUT2D eigenvalue weighted by atomic mass is 9.74. The molecule has 1 aromatic rings. The molecule has 0 amide bonds. The Labute approximate surface area is 114 Å². The van der Waals surface area contributed by atoms with Gasteiger partial charge < -0.3 is 14.8 Å². The maximum atomic E-state index is 14.1. The van der Waals surface area contributed by atoms with Gasteiger partial charge in [0.2, 0.25) is 0 Å². The molecule has 3 nitrogen and oxygen atoms in total. The molecule has 0 spiro atoms. The lowest BCUT2D eigenvalue weighted by Gasteiger charge is -2.38. The Balaban J connectivity index is 2.12. The second-order valence-corrected chi connectivity index (χ2v) is 5.04. The van der Waals surface area contributed by atoms with Crippen LogP contribution >= 0.6 is 0 Å². The van der Waals surface area contributed by atoms with Gasteiger partial charge in [-0.05, 0) is 24.5 Å². The zero-order valence-corrected chi connectivity index (χ0v) is 11.5. The summed E-state index contributed by atoms with van der Waals surface area (Å²) in [5.41, 5.74) is 0.653. The normalized spacial score (nSPS) is 18.4. The van der Waals surface area contributed by atoms with Crippen LogP contribution in [0, 0.1) is 5.82 Å². The first-order valence-electron chi connectivity index (χ1n) is 6.81. The average molecular weight is 267 g/mol. The monoisotopic (exact) mass is 267 g/mol. The predicted octanol–water partition coefficient (Wildman–Crippen LogP) is 2.11. The van der Waals surface area contributed by atoms with Gasteiger partial charge in [0.05, 0.1) is 6.61 Å². The van der Waals surface area contributed by atoms with Crippen molar-refractivity contribution in [3.05, 3.63) is 35.6 Å². The number of hydrogen-bond acceptors (Lipinski definition) is 3. The van der Waals surface area contributed by atoms with E-state index in [0.717, 1.165) is 31.5 Å². The second-order valence-electron chi connectivity index (χ2n) is 5.04. The Hall–Kier alpha value is -0.970. The molecule has 1 fully saturated rings. The lowest BCUT2D eigenvalue weighted by Crippen LogP contribution is -2.44. The quantitative estimate of drug-likeness (QED) is 0.801. The minimum atomic E-state index is -0.155. The van der Waals surface area contributed by atoms with Gasteiger partial charge in [-0.1, -0.05) is 18.2 Å². The number of rotatable bonds is 6. The number of benzene rings is 1. The first-order valence-corrected chi connectivity index (χ1v) is 6.81. The van der Waals surface area contributed by atoms with E-state index in [2.05, 4.69) is 5.32 Å². The molecule has 1 aliphatic rings. The molecule has 1 aromatic carbocycles. The van der Waals surface area contributed by atoms with Crippen molar-refractivity contribution in [3.63, 3.8) is 0 Å². The lowest BCUT2D eigenvalue weighted by molar-refractivity contribution is 0.0480. The summed E-state index contributed by atoms with van der Waals surface area (Å²) in [4.78, 5) is 0. The van der Waals surface area contributed by atoms with E-state index >= 15 is 0 Å². The van der Waals surface area contributed by atoms with Crippen molar-refractivity contribution in [2.45, 2.75) is 18.3 Å². The molecule has 1 N–H and O–H groups in total. The summed E-state index contributed by atoms with van der Waals surface area (Å²) in [5.74, 6) is -0.113. The van der Waals surface area contributed by atoms with Crippen LogP contribution in [-0.2, 0) is 14.9 Å². The largest absolute Gasteiger partial charge is 0.383 e. The van der Waals surface area contributed by atoms with Crippen molar-refractivity contribution in [1.29, 1.82) is 0 Å². The first-order chi connectivity index (χ1) is 9.28. The molecule has 0 aromatic heterocycles. The van der Waals surface area contributed by atoms with Crippen LogP contribution < -0.4 is 5.32 Å². The Kier molecular flexibility index (Phi) is 5.31. The fraction of sp³-hybridized carbons (Fsp3) is 0.600. The molecule has 0 unspecified atom stereocenters. The molecule has 1 aliphatic heterocycles. The first kappa shape index (κ1) is 14.4. The van der Waals surface area contributed by atoms with E-state index in [1.165, 1.54) is 0 Å². The van der Waals surface area contributed by atoms with Crippen molar-refractivity contribution < 1.29 is 13.9 Å². The van der Waals surface area contributed by atoms with E-state index in [9.17, 15) is 4.39 Å². The number of ether oxygens (including phenoxy) is 2. The van der Waals surface area contributed by atoms with E-state index in [4.69, 9.17) is 9.47 Å². The summed E-state index contributed by atoms with van der Waals surface area (Å²) in [7, 11) is 1.68.